The molecule has 18 rings (SSSR count). The van der Waals surface area contributed by atoms with E-state index in [1.807, 2.05) is 25.7 Å². The quantitative estimate of drug-likeness (QED) is 0.0662. The van der Waals surface area contributed by atoms with Crippen LogP contribution in [0.3, 0.4) is 0 Å². The minimum Gasteiger partial charge on any atom is -0.373 e. The number of Topliss-reactive ketones (excluding diaryl/α,β-unsaturated/α-hetero) is 1. The molecule has 12 heterocycles. The predicted octanol–water partition coefficient (Wildman–Crippen LogP) is 8.80. The number of carbonyl (C=O) groups is 4. The van der Waals surface area contributed by atoms with Crippen LogP contribution >= 0.6 is 0 Å². The van der Waals surface area contributed by atoms with E-state index < -0.39 is 0 Å². The minimum absolute atomic E-state index is 0.00131. The van der Waals surface area contributed by atoms with Crippen molar-refractivity contribution in [3.63, 3.8) is 0 Å². The molecule has 0 bridgehead atoms. The van der Waals surface area contributed by atoms with Crippen LogP contribution in [-0.4, -0.2) is 203 Å². The van der Waals surface area contributed by atoms with Gasteiger partial charge in [-0.1, -0.05) is 169 Å². The molecule has 3 amide bonds. The maximum Gasteiger partial charge on any atom is 0.220 e. The summed E-state index contributed by atoms with van der Waals surface area (Å²) >= 11 is 0. The van der Waals surface area contributed by atoms with Gasteiger partial charge in [0.15, 0.2) is 0 Å². The van der Waals surface area contributed by atoms with E-state index in [9.17, 15) is 19.2 Å². The zero-order valence-corrected chi connectivity index (χ0v) is 62.5. The van der Waals surface area contributed by atoms with Gasteiger partial charge in [-0.2, -0.15) is 0 Å². The van der Waals surface area contributed by atoms with Crippen LogP contribution < -0.4 is 16.0 Å². The highest BCUT2D eigenvalue weighted by Crippen LogP contribution is 2.42. The number of nitrogens with zero attached hydrogens (tertiary/aromatic N) is 12. The standard InChI is InChI=1S/C22H34N4O3.C20H30N4O3.C18H28N4O3.C18H27N3O3/c27-20(11-16-8-4-5-9-16)23-18-13-28-22-19(14-29-21(18)22)26-12-17(24-25-26)10-15-6-2-1-3-7-15;25-18(9-14-6-7-14)21-16-11-26-20-17(12-27-19(16)20)24-10-15(22-23-24)8-13-4-2-1-3-5-13;1-2-16(23)19-14-10-24-18-15(11-25-17(14)18)22-9-13(20-21-22)8-12-6-4-3-5-7-12;1-12(22)7-14-10-23-18-16(11-24-17(14)18)21-9-15(19-20-21)8-13-5-3-2-4-6-13/h12,15-16,18-19,21-22H,1-11,13-14H2,(H,23,27);10,13-14,16-17,19-20H,1-9,11-12H2,(H,21,25);9,12,14-15,17-18H,2-8,10-11H2,1H3,(H,19,23);9,13-14,16-18H,2-8,10-11H2,1H3/t18-,19-,21+,22+;16-,17-,19+,20+;14-,15-,17+,18+;14-,16-,17+,18+/m0000/s1. The molecule has 3 N–H and O–H groups in total. The molecule has 6 saturated carbocycles. The Balaban J connectivity index is 0.000000113. The predicted molar refractivity (Wildman–Crippen MR) is 384 cm³/mol. The van der Waals surface area contributed by atoms with Crippen molar-refractivity contribution in [3.05, 3.63) is 47.6 Å². The zero-order valence-electron chi connectivity index (χ0n) is 62.5. The maximum atomic E-state index is 12.4. The average molecular weight is 1460 g/mol. The number of hydrogen-bond acceptors (Lipinski definition) is 20. The van der Waals surface area contributed by atoms with E-state index in [1.54, 1.807) is 6.92 Å². The van der Waals surface area contributed by atoms with Gasteiger partial charge in [0.2, 0.25) is 17.7 Å². The second-order valence-corrected chi connectivity index (χ2v) is 33.8. The van der Waals surface area contributed by atoms with Crippen LogP contribution in [0.1, 0.15) is 253 Å². The molecule has 8 saturated heterocycles. The lowest BCUT2D eigenvalue weighted by atomic mass is 9.86. The van der Waals surface area contributed by atoms with Gasteiger partial charge in [-0.25, -0.2) is 18.7 Å². The maximum absolute atomic E-state index is 12.4. The van der Waals surface area contributed by atoms with Crippen molar-refractivity contribution in [2.24, 2.45) is 41.4 Å². The summed E-state index contributed by atoms with van der Waals surface area (Å²) in [7, 11) is 0. The summed E-state index contributed by atoms with van der Waals surface area (Å²) in [5.74, 6) is 4.88. The number of ether oxygens (including phenoxy) is 8. The summed E-state index contributed by atoms with van der Waals surface area (Å²) in [4.78, 5) is 47.6. The SMILES string of the molecule is CC(=O)C[C@H]1CO[C@H]2[C@@H]1OC[C@@H]2n1cc(CC2CCCCC2)nn1.CCC(=O)N[C@H]1CO[C@H]2[C@@H]1OC[C@@H]2n1cc(CC2CCCCC2)nn1.O=C(CC1CC1)N[C@H]1CO[C@H]2[C@@H]1OC[C@@H]2n1cc(CC2CCCCC2)nn1.O=C(CC1CCCC1)N[C@H]1CO[C@H]2[C@@H]1OC[C@@H]2n1cc(CC2CCCCC2)nn1. The Morgan fingerprint density at radius 1 is 0.333 bits per heavy atom. The first-order valence-corrected chi connectivity index (χ1v) is 41.4. The molecule has 8 aliphatic heterocycles. The lowest BCUT2D eigenvalue weighted by molar-refractivity contribution is -0.124. The molecule has 6 aliphatic carbocycles. The Morgan fingerprint density at radius 2 is 0.610 bits per heavy atom. The van der Waals surface area contributed by atoms with Crippen LogP contribution in [0.25, 0.3) is 0 Å². The smallest absolute Gasteiger partial charge is 0.220 e. The molecule has 105 heavy (non-hydrogen) atoms. The van der Waals surface area contributed by atoms with Crippen LogP contribution in [0.15, 0.2) is 24.8 Å². The molecule has 0 unspecified atom stereocenters. The Kier molecular flexibility index (Phi) is 25.5. The van der Waals surface area contributed by atoms with Crippen molar-refractivity contribution in [2.45, 2.75) is 323 Å². The molecular weight excluding hydrogens is 1340 g/mol. The van der Waals surface area contributed by atoms with E-state index in [-0.39, 0.29) is 121 Å². The summed E-state index contributed by atoms with van der Waals surface area (Å²) in [6.45, 7) is 7.91. The number of aromatic nitrogens is 12. The van der Waals surface area contributed by atoms with Gasteiger partial charge >= 0.3 is 0 Å². The van der Waals surface area contributed by atoms with Gasteiger partial charge in [0, 0.05) is 56.4 Å². The van der Waals surface area contributed by atoms with Crippen molar-refractivity contribution in [2.75, 3.05) is 52.9 Å². The normalized spacial score (nSPS) is 33.4. The summed E-state index contributed by atoms with van der Waals surface area (Å²) in [5.41, 5.74) is 4.32. The molecule has 0 aromatic carbocycles. The van der Waals surface area contributed by atoms with Gasteiger partial charge in [0.1, 0.15) is 72.7 Å². The van der Waals surface area contributed by atoms with Crippen molar-refractivity contribution in [1.29, 1.82) is 0 Å². The molecule has 0 spiro atoms. The molecule has 14 aliphatic rings. The van der Waals surface area contributed by atoms with Gasteiger partial charge in [0.25, 0.3) is 0 Å². The Labute approximate surface area is 618 Å². The van der Waals surface area contributed by atoms with Gasteiger partial charge in [-0.3, -0.25) is 14.4 Å². The molecule has 14 fully saturated rings. The number of rotatable bonds is 22. The van der Waals surface area contributed by atoms with E-state index in [1.165, 1.54) is 167 Å². The van der Waals surface area contributed by atoms with E-state index in [4.69, 9.17) is 37.9 Å². The third kappa shape index (κ3) is 19.1. The zero-order chi connectivity index (χ0) is 71.6. The summed E-state index contributed by atoms with van der Waals surface area (Å²) in [5, 5.41) is 44.4. The second-order valence-electron chi connectivity index (χ2n) is 33.8. The number of ketones is 1. The van der Waals surface area contributed by atoms with Crippen molar-refractivity contribution < 1.29 is 57.1 Å². The topological polar surface area (TPSA) is 301 Å². The largest absolute Gasteiger partial charge is 0.373 e. The summed E-state index contributed by atoms with van der Waals surface area (Å²) in [6.07, 6.45) is 48.4. The molecule has 4 aromatic heterocycles. The number of nitrogens with one attached hydrogen (secondary N) is 3. The molecule has 16 atom stereocenters. The lowest BCUT2D eigenvalue weighted by Gasteiger charge is -2.20. The fraction of sp³-hybridized carbons (Fsp3) is 0.846. The Hall–Kier alpha value is -5.68. The minimum atomic E-state index is -0.0912. The highest BCUT2D eigenvalue weighted by Gasteiger charge is 2.53. The molecule has 27 heteroatoms. The first-order valence-electron chi connectivity index (χ1n) is 41.4. The molecule has 27 nitrogen and oxygen atoms in total. The van der Waals surface area contributed by atoms with Crippen molar-refractivity contribution >= 4 is 23.5 Å². The second kappa shape index (κ2) is 35.8. The summed E-state index contributed by atoms with van der Waals surface area (Å²) in [6, 6.07) is 0.0614. The fourth-order valence-electron chi connectivity index (χ4n) is 19.7. The van der Waals surface area contributed by atoms with Crippen LogP contribution in [0, 0.1) is 41.4 Å². The Morgan fingerprint density at radius 3 is 0.933 bits per heavy atom. The van der Waals surface area contributed by atoms with E-state index in [0.29, 0.717) is 90.4 Å². The van der Waals surface area contributed by atoms with E-state index >= 15 is 0 Å². The van der Waals surface area contributed by atoms with Gasteiger partial charge in [-0.15, -0.1) is 20.4 Å². The lowest BCUT2D eigenvalue weighted by Crippen LogP contribution is -2.44. The van der Waals surface area contributed by atoms with Crippen LogP contribution in [-0.2, 0) is 82.8 Å². The van der Waals surface area contributed by atoms with Gasteiger partial charge in [-0.05, 0) is 93.8 Å². The first kappa shape index (κ1) is 74.8. The van der Waals surface area contributed by atoms with E-state index in [0.717, 1.165) is 72.1 Å². The van der Waals surface area contributed by atoms with Crippen LogP contribution in [0.5, 0.6) is 0 Å². The molecule has 4 aromatic rings. The number of carbonyl (C=O) groups excluding carboxylic acids is 4. The Bertz CT molecular complexity index is 3420. The fourth-order valence-corrected chi connectivity index (χ4v) is 19.7. The van der Waals surface area contributed by atoms with Gasteiger partial charge < -0.3 is 58.6 Å². The highest BCUT2D eigenvalue weighted by atomic mass is 16.6. The highest BCUT2D eigenvalue weighted by molar-refractivity contribution is 5.77. The molecule has 0 radical (unpaired) electrons. The number of fused-ring (bicyclic) bond motifs is 4. The molecular formula is C78H119N15O12. The average Bonchev–Trinajstić information content (AvgIpc) is 1.65. The first-order chi connectivity index (χ1) is 51.5. The third-order valence-corrected chi connectivity index (χ3v) is 25.7. The summed E-state index contributed by atoms with van der Waals surface area (Å²) < 4.78 is 55.6. The van der Waals surface area contributed by atoms with Crippen LogP contribution in [0.4, 0.5) is 0 Å². The van der Waals surface area contributed by atoms with Gasteiger partial charge in [0.05, 0.1) is 99.9 Å². The number of hydrogen-bond donors (Lipinski definition) is 3. The van der Waals surface area contributed by atoms with Crippen molar-refractivity contribution in [3.8, 4) is 0 Å². The van der Waals surface area contributed by atoms with Crippen molar-refractivity contribution in [1.82, 2.24) is 75.9 Å². The molecule has 578 valence electrons. The monoisotopic (exact) mass is 1460 g/mol. The van der Waals surface area contributed by atoms with E-state index in [2.05, 4.69) is 82.0 Å². The van der Waals surface area contributed by atoms with Crippen LogP contribution in [0.2, 0.25) is 0 Å². The number of amides is 3. The third-order valence-electron chi connectivity index (χ3n) is 25.7.